The van der Waals surface area contributed by atoms with Crippen LogP contribution in [0.4, 0.5) is 0 Å². The van der Waals surface area contributed by atoms with Crippen LogP contribution in [-0.2, 0) is 9.59 Å². The Morgan fingerprint density at radius 2 is 2.17 bits per heavy atom. The van der Waals surface area contributed by atoms with Gasteiger partial charge in [0.15, 0.2) is 5.03 Å². The molecule has 0 aliphatic carbocycles. The molecule has 0 spiro atoms. The van der Waals surface area contributed by atoms with Gasteiger partial charge in [-0.2, -0.15) is 0 Å². The number of hydrazine groups is 1. The Hall–Kier alpha value is -2.39. The number of guanidine groups is 1. The van der Waals surface area contributed by atoms with E-state index in [-0.39, 0.29) is 18.9 Å². The van der Waals surface area contributed by atoms with Crippen LogP contribution >= 0.6 is 0 Å². The van der Waals surface area contributed by atoms with Crippen molar-refractivity contribution in [3.05, 3.63) is 10.1 Å². The number of amides is 1. The molecule has 0 unspecified atom stereocenters. The van der Waals surface area contributed by atoms with Gasteiger partial charge in [-0.25, -0.2) is 19.9 Å². The molecule has 0 aromatic heterocycles. The van der Waals surface area contributed by atoms with Crippen molar-refractivity contribution in [2.45, 2.75) is 25.8 Å². The Kier molecular flexibility index (Phi) is 6.78. The minimum Gasteiger partial charge on any atom is -0.480 e. The van der Waals surface area contributed by atoms with Crippen LogP contribution in [0.15, 0.2) is 4.99 Å². The van der Waals surface area contributed by atoms with Gasteiger partial charge in [-0.05, 0) is 12.8 Å². The van der Waals surface area contributed by atoms with Gasteiger partial charge in [0.2, 0.25) is 5.91 Å². The van der Waals surface area contributed by atoms with Crippen molar-refractivity contribution >= 4 is 17.8 Å². The summed E-state index contributed by atoms with van der Waals surface area (Å²) in [6, 6.07) is -0.998. The van der Waals surface area contributed by atoms with Crippen molar-refractivity contribution in [3.8, 4) is 0 Å². The van der Waals surface area contributed by atoms with Crippen molar-refractivity contribution in [1.82, 2.24) is 10.7 Å². The highest BCUT2D eigenvalue weighted by atomic mass is 16.7. The number of carboxylic acids is 1. The van der Waals surface area contributed by atoms with E-state index in [2.05, 4.69) is 10.3 Å². The van der Waals surface area contributed by atoms with Crippen molar-refractivity contribution in [2.24, 2.45) is 10.7 Å². The van der Waals surface area contributed by atoms with E-state index in [1.165, 1.54) is 6.92 Å². The summed E-state index contributed by atoms with van der Waals surface area (Å²) in [5.41, 5.74) is 6.79. The predicted molar refractivity (Wildman–Crippen MR) is 61.1 cm³/mol. The summed E-state index contributed by atoms with van der Waals surface area (Å²) < 4.78 is 0. The molecule has 102 valence electrons. The fourth-order valence-corrected chi connectivity index (χ4v) is 1.13. The number of carbonyl (C=O) groups is 2. The first-order valence-corrected chi connectivity index (χ1v) is 5.03. The smallest absolute Gasteiger partial charge is 0.326 e. The molecular weight excluding hydrogens is 246 g/mol. The van der Waals surface area contributed by atoms with Crippen molar-refractivity contribution < 1.29 is 19.7 Å². The van der Waals surface area contributed by atoms with Gasteiger partial charge in [-0.1, -0.05) is 5.43 Å². The van der Waals surface area contributed by atoms with Gasteiger partial charge in [0.25, 0.3) is 5.96 Å². The number of carbonyl (C=O) groups excluding carboxylic acids is 1. The quantitative estimate of drug-likeness (QED) is 0.142. The Labute approximate surface area is 102 Å². The zero-order chi connectivity index (χ0) is 14.1. The van der Waals surface area contributed by atoms with Gasteiger partial charge in [-0.3, -0.25) is 4.79 Å². The molecule has 0 saturated carbocycles. The van der Waals surface area contributed by atoms with Crippen molar-refractivity contribution in [2.75, 3.05) is 6.54 Å². The third kappa shape index (κ3) is 7.84. The Morgan fingerprint density at radius 3 is 2.61 bits per heavy atom. The summed E-state index contributed by atoms with van der Waals surface area (Å²) in [7, 11) is 0. The fourth-order valence-electron chi connectivity index (χ4n) is 1.13. The molecule has 5 N–H and O–H groups in total. The first kappa shape index (κ1) is 15.6. The van der Waals surface area contributed by atoms with Gasteiger partial charge in [0.05, 0.1) is 0 Å². The van der Waals surface area contributed by atoms with Crippen LogP contribution in [0.3, 0.4) is 0 Å². The molecule has 10 heteroatoms. The average Bonchev–Trinajstić information content (AvgIpc) is 2.20. The minimum atomic E-state index is -1.15. The maximum absolute atomic E-state index is 10.7. The van der Waals surface area contributed by atoms with E-state index in [0.29, 0.717) is 6.42 Å². The topological polar surface area (TPSA) is 160 Å². The average molecular weight is 261 g/mol. The van der Waals surface area contributed by atoms with Crippen LogP contribution < -0.4 is 16.5 Å². The molecule has 0 aliphatic rings. The molecule has 0 heterocycles. The standard InChI is InChI=1S/C8H15N5O5/c1-5(14)11-6(7(15)16)3-2-4-10-8(9)12-13(17)18/h6H,2-4H2,1H3,(H,11,14)(H,15,16)(H3,9,10,12)/t6-/m0/s1. The lowest BCUT2D eigenvalue weighted by atomic mass is 10.1. The van der Waals surface area contributed by atoms with E-state index < -0.39 is 23.0 Å². The lowest BCUT2D eigenvalue weighted by molar-refractivity contribution is -0.525. The summed E-state index contributed by atoms with van der Waals surface area (Å²) in [4.78, 5) is 35.0. The number of nitrogens with one attached hydrogen (secondary N) is 2. The Bertz CT molecular complexity index is 356. The zero-order valence-corrected chi connectivity index (χ0v) is 9.75. The second-order valence-electron chi connectivity index (χ2n) is 3.37. The molecule has 0 rings (SSSR count). The monoisotopic (exact) mass is 261 g/mol. The number of hydrogen-bond acceptors (Lipinski definition) is 5. The van der Waals surface area contributed by atoms with Crippen LogP contribution in [0.1, 0.15) is 19.8 Å². The first-order valence-electron chi connectivity index (χ1n) is 5.03. The molecule has 18 heavy (non-hydrogen) atoms. The maximum Gasteiger partial charge on any atom is 0.326 e. The first-order chi connectivity index (χ1) is 8.32. The molecule has 1 atom stereocenters. The highest BCUT2D eigenvalue weighted by molar-refractivity contribution is 5.82. The van der Waals surface area contributed by atoms with Crippen LogP contribution in [0.25, 0.3) is 0 Å². The molecule has 0 fully saturated rings. The van der Waals surface area contributed by atoms with Gasteiger partial charge < -0.3 is 16.2 Å². The molecule has 0 aromatic rings. The largest absolute Gasteiger partial charge is 0.480 e. The summed E-state index contributed by atoms with van der Waals surface area (Å²) in [5, 5.41) is 20.1. The SMILES string of the molecule is CC(=O)N[C@@H](CCCN=C(N)N[N+](=O)[O-])C(=O)O. The number of nitrogens with zero attached hydrogens (tertiary/aromatic N) is 2. The molecule has 0 aromatic carbocycles. The van der Waals surface area contributed by atoms with Gasteiger partial charge in [0.1, 0.15) is 6.04 Å². The molecule has 0 saturated heterocycles. The summed E-state index contributed by atoms with van der Waals surface area (Å²) in [6.07, 6.45) is 0.474. The van der Waals surface area contributed by atoms with Gasteiger partial charge in [0, 0.05) is 13.5 Å². The highest BCUT2D eigenvalue weighted by Crippen LogP contribution is 1.98. The molecule has 0 radical (unpaired) electrons. The van der Waals surface area contributed by atoms with Crippen LogP contribution in [0, 0.1) is 10.1 Å². The lowest BCUT2D eigenvalue weighted by Gasteiger charge is -2.11. The number of nitrogens with two attached hydrogens (primary N) is 1. The number of rotatable bonds is 7. The molecule has 1 amide bonds. The summed E-state index contributed by atoms with van der Waals surface area (Å²) in [6.45, 7) is 1.34. The fraction of sp³-hybridized carbons (Fsp3) is 0.625. The number of hydrogen-bond donors (Lipinski definition) is 4. The molecule has 0 bridgehead atoms. The predicted octanol–water partition coefficient (Wildman–Crippen LogP) is -1.55. The Balaban J connectivity index is 4.03. The highest BCUT2D eigenvalue weighted by Gasteiger charge is 2.17. The summed E-state index contributed by atoms with van der Waals surface area (Å²) >= 11 is 0. The second kappa shape index (κ2) is 7.81. The minimum absolute atomic E-state index is 0.121. The van der Waals surface area contributed by atoms with Crippen molar-refractivity contribution in [3.63, 3.8) is 0 Å². The van der Waals surface area contributed by atoms with E-state index in [1.807, 2.05) is 0 Å². The number of carboxylic acid groups (broad SMARTS) is 1. The summed E-state index contributed by atoms with van der Waals surface area (Å²) in [5.74, 6) is -1.95. The van der Waals surface area contributed by atoms with E-state index in [9.17, 15) is 19.7 Å². The Morgan fingerprint density at radius 1 is 1.56 bits per heavy atom. The van der Waals surface area contributed by atoms with Gasteiger partial charge >= 0.3 is 5.97 Å². The van der Waals surface area contributed by atoms with E-state index in [1.54, 1.807) is 5.43 Å². The molecular formula is C8H15N5O5. The lowest BCUT2D eigenvalue weighted by Crippen LogP contribution is -2.39. The zero-order valence-electron chi connectivity index (χ0n) is 9.75. The number of aliphatic imine (C=N–C) groups is 1. The van der Waals surface area contributed by atoms with E-state index in [4.69, 9.17) is 10.8 Å². The van der Waals surface area contributed by atoms with Crippen LogP contribution in [0.2, 0.25) is 0 Å². The van der Waals surface area contributed by atoms with Crippen LogP contribution in [-0.4, -0.2) is 40.6 Å². The number of nitro groups is 1. The van der Waals surface area contributed by atoms with Crippen LogP contribution in [0.5, 0.6) is 0 Å². The van der Waals surface area contributed by atoms with Crippen molar-refractivity contribution in [1.29, 1.82) is 0 Å². The molecule has 10 nitrogen and oxygen atoms in total. The molecule has 0 aliphatic heterocycles. The van der Waals surface area contributed by atoms with Gasteiger partial charge in [-0.15, -0.1) is 0 Å². The second-order valence-corrected chi connectivity index (χ2v) is 3.37. The van der Waals surface area contributed by atoms with E-state index >= 15 is 0 Å². The maximum atomic E-state index is 10.7. The third-order valence-corrected chi connectivity index (χ3v) is 1.81. The third-order valence-electron chi connectivity index (χ3n) is 1.81. The number of aliphatic carboxylic acids is 1. The normalized spacial score (nSPS) is 12.6. The van der Waals surface area contributed by atoms with E-state index in [0.717, 1.165) is 0 Å².